The highest BCUT2D eigenvalue weighted by Crippen LogP contribution is 2.35. The molecule has 0 radical (unpaired) electrons. The van der Waals surface area contributed by atoms with Crippen molar-refractivity contribution in [2.24, 2.45) is 0 Å². The number of rotatable bonds is 3. The predicted octanol–water partition coefficient (Wildman–Crippen LogP) is 4.18. The number of ketones is 1. The molecule has 0 aromatic heterocycles. The summed E-state index contributed by atoms with van der Waals surface area (Å²) in [6.07, 6.45) is 6.56. The summed E-state index contributed by atoms with van der Waals surface area (Å²) >= 11 is 6.21. The van der Waals surface area contributed by atoms with Crippen LogP contribution in [0.3, 0.4) is 0 Å². The topological polar surface area (TPSA) is 20.3 Å². The molecule has 1 saturated carbocycles. The lowest BCUT2D eigenvalue weighted by Crippen LogP contribution is -2.50. The minimum atomic E-state index is -0.374. The molecule has 1 aromatic carbocycles. The standard InChI is InChI=1S/C16H22ClNO/c1-18(2)16(11-7-3-4-8-12-16)15(19)13-9-5-6-10-14(13)17/h5-6,9-10H,3-4,7-8,11-12H2,1-2H3. The lowest BCUT2D eigenvalue weighted by molar-refractivity contribution is 0.0635. The maximum atomic E-state index is 13.0. The highest BCUT2D eigenvalue weighted by atomic mass is 35.5. The lowest BCUT2D eigenvalue weighted by atomic mass is 9.81. The zero-order valence-electron chi connectivity index (χ0n) is 11.8. The smallest absolute Gasteiger partial charge is 0.184 e. The number of benzene rings is 1. The Morgan fingerprint density at radius 3 is 2.21 bits per heavy atom. The Hall–Kier alpha value is -0.860. The molecule has 0 N–H and O–H groups in total. The van der Waals surface area contributed by atoms with Gasteiger partial charge in [0.15, 0.2) is 5.78 Å². The van der Waals surface area contributed by atoms with Crippen LogP contribution in [0.25, 0.3) is 0 Å². The van der Waals surface area contributed by atoms with Gasteiger partial charge in [0, 0.05) is 5.56 Å². The van der Waals surface area contributed by atoms with Crippen molar-refractivity contribution in [2.75, 3.05) is 14.1 Å². The molecule has 1 aliphatic carbocycles. The predicted molar refractivity (Wildman–Crippen MR) is 79.9 cm³/mol. The summed E-state index contributed by atoms with van der Waals surface area (Å²) in [6.45, 7) is 0. The molecule has 1 aromatic rings. The number of nitrogens with zero attached hydrogens (tertiary/aromatic N) is 1. The van der Waals surface area contributed by atoms with E-state index in [0.29, 0.717) is 10.6 Å². The zero-order valence-corrected chi connectivity index (χ0v) is 12.5. The van der Waals surface area contributed by atoms with Crippen LogP contribution in [0.5, 0.6) is 0 Å². The Balaban J connectivity index is 2.39. The van der Waals surface area contributed by atoms with Crippen molar-refractivity contribution in [2.45, 2.75) is 44.1 Å². The molecule has 0 atom stereocenters. The van der Waals surface area contributed by atoms with Crippen LogP contribution in [0.4, 0.5) is 0 Å². The maximum absolute atomic E-state index is 13.0. The number of carbonyl (C=O) groups is 1. The van der Waals surface area contributed by atoms with E-state index in [-0.39, 0.29) is 11.3 Å². The van der Waals surface area contributed by atoms with Gasteiger partial charge in [-0.15, -0.1) is 0 Å². The average molecular weight is 280 g/mol. The van der Waals surface area contributed by atoms with Gasteiger partial charge in [-0.05, 0) is 39.1 Å². The van der Waals surface area contributed by atoms with Crippen molar-refractivity contribution in [3.05, 3.63) is 34.9 Å². The van der Waals surface area contributed by atoms with E-state index in [1.165, 1.54) is 12.8 Å². The molecule has 19 heavy (non-hydrogen) atoms. The van der Waals surface area contributed by atoms with Crippen LogP contribution in [0.15, 0.2) is 24.3 Å². The Bertz CT molecular complexity index is 448. The second-order valence-corrected chi connectivity index (χ2v) is 6.06. The Kier molecular flexibility index (Phi) is 4.64. The van der Waals surface area contributed by atoms with E-state index >= 15 is 0 Å². The van der Waals surface area contributed by atoms with Crippen molar-refractivity contribution in [3.63, 3.8) is 0 Å². The van der Waals surface area contributed by atoms with Crippen LogP contribution in [0.2, 0.25) is 5.02 Å². The highest BCUT2D eigenvalue weighted by molar-refractivity contribution is 6.34. The summed E-state index contributed by atoms with van der Waals surface area (Å²) in [6, 6.07) is 7.41. The molecule has 0 unspecified atom stereocenters. The zero-order chi connectivity index (χ0) is 13.9. The van der Waals surface area contributed by atoms with Gasteiger partial charge in [-0.3, -0.25) is 9.69 Å². The first-order chi connectivity index (χ1) is 9.08. The van der Waals surface area contributed by atoms with Crippen molar-refractivity contribution in [3.8, 4) is 0 Å². The van der Waals surface area contributed by atoms with Gasteiger partial charge in [0.2, 0.25) is 0 Å². The first-order valence-corrected chi connectivity index (χ1v) is 7.42. The van der Waals surface area contributed by atoms with Crippen molar-refractivity contribution >= 4 is 17.4 Å². The molecule has 0 saturated heterocycles. The van der Waals surface area contributed by atoms with Gasteiger partial charge in [0.05, 0.1) is 10.6 Å². The first kappa shape index (κ1) is 14.5. The number of halogens is 1. The minimum Gasteiger partial charge on any atom is -0.297 e. The number of likely N-dealkylation sites (N-methyl/N-ethyl adjacent to an activating group) is 1. The van der Waals surface area contributed by atoms with E-state index in [2.05, 4.69) is 4.90 Å². The summed E-state index contributed by atoms with van der Waals surface area (Å²) in [7, 11) is 4.03. The third kappa shape index (κ3) is 2.85. The number of carbonyl (C=O) groups excluding carboxylic acids is 1. The molecule has 0 amide bonds. The van der Waals surface area contributed by atoms with Gasteiger partial charge in [-0.25, -0.2) is 0 Å². The second kappa shape index (κ2) is 6.06. The third-order valence-electron chi connectivity index (χ3n) is 4.33. The molecule has 0 spiro atoms. The van der Waals surface area contributed by atoms with Gasteiger partial charge < -0.3 is 0 Å². The van der Waals surface area contributed by atoms with Crippen molar-refractivity contribution in [1.29, 1.82) is 0 Å². The van der Waals surface area contributed by atoms with Gasteiger partial charge in [-0.1, -0.05) is 49.4 Å². The van der Waals surface area contributed by atoms with Crippen molar-refractivity contribution in [1.82, 2.24) is 4.90 Å². The molecule has 0 aliphatic heterocycles. The fourth-order valence-corrected chi connectivity index (χ4v) is 3.31. The maximum Gasteiger partial charge on any atom is 0.184 e. The Labute approximate surface area is 120 Å². The fourth-order valence-electron chi connectivity index (χ4n) is 3.09. The number of hydrogen-bond acceptors (Lipinski definition) is 2. The van der Waals surface area contributed by atoms with Crippen LogP contribution >= 0.6 is 11.6 Å². The lowest BCUT2D eigenvalue weighted by Gasteiger charge is -2.38. The molecule has 104 valence electrons. The first-order valence-electron chi connectivity index (χ1n) is 7.05. The van der Waals surface area contributed by atoms with E-state index in [0.717, 1.165) is 25.7 Å². The molecular formula is C16H22ClNO. The summed E-state index contributed by atoms with van der Waals surface area (Å²) in [5.41, 5.74) is 0.293. The SMILES string of the molecule is CN(C)C1(C(=O)c2ccccc2Cl)CCCCCC1. The van der Waals surface area contributed by atoms with Crippen LogP contribution in [0.1, 0.15) is 48.9 Å². The van der Waals surface area contributed by atoms with Crippen molar-refractivity contribution < 1.29 is 4.79 Å². The largest absolute Gasteiger partial charge is 0.297 e. The summed E-state index contributed by atoms with van der Waals surface area (Å²) in [5, 5.41) is 0.568. The van der Waals surface area contributed by atoms with E-state index in [1.807, 2.05) is 32.3 Å². The van der Waals surface area contributed by atoms with E-state index in [9.17, 15) is 4.79 Å². The second-order valence-electron chi connectivity index (χ2n) is 5.65. The summed E-state index contributed by atoms with van der Waals surface area (Å²) in [5.74, 6) is 0.185. The van der Waals surface area contributed by atoms with Gasteiger partial charge >= 0.3 is 0 Å². The van der Waals surface area contributed by atoms with E-state index in [4.69, 9.17) is 11.6 Å². The van der Waals surface area contributed by atoms with Gasteiger partial charge in [-0.2, -0.15) is 0 Å². The van der Waals surface area contributed by atoms with Crippen LogP contribution in [0, 0.1) is 0 Å². The Morgan fingerprint density at radius 2 is 1.68 bits per heavy atom. The molecule has 3 heteroatoms. The molecule has 1 aliphatic rings. The normalized spacial score (nSPS) is 19.2. The van der Waals surface area contributed by atoms with E-state index in [1.54, 1.807) is 6.07 Å². The van der Waals surface area contributed by atoms with Gasteiger partial charge in [0.25, 0.3) is 0 Å². The summed E-state index contributed by atoms with van der Waals surface area (Å²) in [4.78, 5) is 15.1. The monoisotopic (exact) mass is 279 g/mol. The van der Waals surface area contributed by atoms with Crippen LogP contribution in [-0.2, 0) is 0 Å². The third-order valence-corrected chi connectivity index (χ3v) is 4.66. The van der Waals surface area contributed by atoms with Crippen LogP contribution < -0.4 is 0 Å². The molecule has 0 bridgehead atoms. The minimum absolute atomic E-state index is 0.185. The average Bonchev–Trinajstić information content (AvgIpc) is 2.65. The quantitative estimate of drug-likeness (QED) is 0.611. The molecule has 1 fully saturated rings. The number of Topliss-reactive ketones (excluding diaryl/α,β-unsaturated/α-hetero) is 1. The fraction of sp³-hybridized carbons (Fsp3) is 0.562. The molecule has 2 rings (SSSR count). The highest BCUT2D eigenvalue weighted by Gasteiger charge is 2.41. The van der Waals surface area contributed by atoms with Crippen LogP contribution in [-0.4, -0.2) is 30.3 Å². The molecule has 2 nitrogen and oxygen atoms in total. The molecular weight excluding hydrogens is 258 g/mol. The molecule has 0 heterocycles. The van der Waals surface area contributed by atoms with E-state index < -0.39 is 0 Å². The van der Waals surface area contributed by atoms with Gasteiger partial charge in [0.1, 0.15) is 0 Å². The number of hydrogen-bond donors (Lipinski definition) is 0. The Morgan fingerprint density at radius 1 is 1.11 bits per heavy atom. The summed E-state index contributed by atoms with van der Waals surface area (Å²) < 4.78 is 0.